The number of morpholine rings is 1. The average Bonchev–Trinajstić information content (AvgIpc) is 2.14. The summed E-state index contributed by atoms with van der Waals surface area (Å²) in [5.41, 5.74) is -0.442. The van der Waals surface area contributed by atoms with Gasteiger partial charge >= 0.3 is 6.09 Å². The molecule has 1 aliphatic rings. The predicted molar refractivity (Wildman–Crippen MR) is 65.9 cm³/mol. The second-order valence-corrected chi connectivity index (χ2v) is 5.76. The molecule has 5 heteroatoms. The highest BCUT2D eigenvalue weighted by atomic mass is 79.9. The molecule has 1 aliphatic heterocycles. The molecule has 0 aromatic rings. The van der Waals surface area contributed by atoms with Gasteiger partial charge in [-0.1, -0.05) is 15.9 Å². The Morgan fingerprint density at radius 3 is 2.62 bits per heavy atom. The summed E-state index contributed by atoms with van der Waals surface area (Å²) in [6, 6.07) is 0. The van der Waals surface area contributed by atoms with Crippen LogP contribution in [-0.4, -0.2) is 47.2 Å². The first-order chi connectivity index (χ1) is 7.31. The van der Waals surface area contributed by atoms with Crippen LogP contribution >= 0.6 is 15.9 Å². The highest BCUT2D eigenvalue weighted by Gasteiger charge is 2.30. The predicted octanol–water partition coefficient (Wildman–Crippen LogP) is 2.41. The number of halogens is 1. The lowest BCUT2D eigenvalue weighted by molar-refractivity contribution is -0.0702. The third-order valence-electron chi connectivity index (χ3n) is 2.15. The first-order valence-corrected chi connectivity index (χ1v) is 6.63. The first kappa shape index (κ1) is 13.8. The van der Waals surface area contributed by atoms with Gasteiger partial charge in [-0.25, -0.2) is 4.79 Å². The first-order valence-electron chi connectivity index (χ1n) is 5.51. The van der Waals surface area contributed by atoms with E-state index in [0.29, 0.717) is 13.1 Å². The standard InChI is InChI=1S/C11H20BrNO3/c1-8-6-13(7-9(5-12)15-8)10(14)16-11(2,3)4/h8-9H,5-7H2,1-4H3. The Labute approximate surface area is 105 Å². The maximum atomic E-state index is 11.9. The van der Waals surface area contributed by atoms with Gasteiger partial charge in [0.25, 0.3) is 0 Å². The Morgan fingerprint density at radius 1 is 1.50 bits per heavy atom. The van der Waals surface area contributed by atoms with Crippen LogP contribution in [0.1, 0.15) is 27.7 Å². The van der Waals surface area contributed by atoms with Gasteiger partial charge in [0.15, 0.2) is 0 Å². The van der Waals surface area contributed by atoms with Crippen LogP contribution in [0.25, 0.3) is 0 Å². The van der Waals surface area contributed by atoms with Crippen LogP contribution < -0.4 is 0 Å². The van der Waals surface area contributed by atoms with Gasteiger partial charge < -0.3 is 14.4 Å². The summed E-state index contributed by atoms with van der Waals surface area (Å²) in [7, 11) is 0. The molecule has 0 aromatic heterocycles. The van der Waals surface area contributed by atoms with Crippen LogP contribution in [0.2, 0.25) is 0 Å². The third kappa shape index (κ3) is 4.29. The molecule has 16 heavy (non-hydrogen) atoms. The minimum atomic E-state index is -0.442. The molecule has 0 radical (unpaired) electrons. The van der Waals surface area contributed by atoms with Crippen molar-refractivity contribution in [2.75, 3.05) is 18.4 Å². The van der Waals surface area contributed by atoms with Crippen molar-refractivity contribution in [2.45, 2.75) is 45.5 Å². The second-order valence-electron chi connectivity index (χ2n) is 5.11. The number of carbonyl (C=O) groups excluding carboxylic acids is 1. The molecule has 0 saturated carbocycles. The monoisotopic (exact) mass is 293 g/mol. The molecule has 94 valence electrons. The second kappa shape index (κ2) is 5.36. The minimum Gasteiger partial charge on any atom is -0.444 e. The summed E-state index contributed by atoms with van der Waals surface area (Å²) >= 11 is 3.37. The van der Waals surface area contributed by atoms with E-state index >= 15 is 0 Å². The van der Waals surface area contributed by atoms with Crippen LogP contribution in [0.5, 0.6) is 0 Å². The van der Waals surface area contributed by atoms with Crippen molar-refractivity contribution < 1.29 is 14.3 Å². The van der Waals surface area contributed by atoms with Crippen molar-refractivity contribution >= 4 is 22.0 Å². The van der Waals surface area contributed by atoms with Crippen molar-refractivity contribution in [3.05, 3.63) is 0 Å². The van der Waals surface area contributed by atoms with Gasteiger partial charge in [-0.2, -0.15) is 0 Å². The fourth-order valence-corrected chi connectivity index (χ4v) is 1.96. The topological polar surface area (TPSA) is 38.8 Å². The molecular weight excluding hydrogens is 274 g/mol. The van der Waals surface area contributed by atoms with Gasteiger partial charge in [-0.05, 0) is 27.7 Å². The maximum Gasteiger partial charge on any atom is 0.410 e. The van der Waals surface area contributed by atoms with E-state index in [1.165, 1.54) is 0 Å². The van der Waals surface area contributed by atoms with Crippen LogP contribution in [-0.2, 0) is 9.47 Å². The quantitative estimate of drug-likeness (QED) is 0.697. The summed E-state index contributed by atoms with van der Waals surface area (Å²) in [5.74, 6) is 0. The summed E-state index contributed by atoms with van der Waals surface area (Å²) in [4.78, 5) is 13.6. The molecule has 1 fully saturated rings. The number of carbonyl (C=O) groups is 1. The number of alkyl halides is 1. The molecule has 0 N–H and O–H groups in total. The molecule has 0 aliphatic carbocycles. The van der Waals surface area contributed by atoms with Crippen molar-refractivity contribution in [1.29, 1.82) is 0 Å². The molecule has 1 saturated heterocycles. The number of ether oxygens (including phenoxy) is 2. The summed E-state index contributed by atoms with van der Waals surface area (Å²) in [5, 5.41) is 0.733. The van der Waals surface area contributed by atoms with Gasteiger partial charge in [0.05, 0.1) is 25.3 Å². The Morgan fingerprint density at radius 2 is 2.12 bits per heavy atom. The zero-order chi connectivity index (χ0) is 12.3. The fraction of sp³-hybridized carbons (Fsp3) is 0.909. The maximum absolute atomic E-state index is 11.9. The Kier molecular flexibility index (Phi) is 4.62. The van der Waals surface area contributed by atoms with E-state index in [4.69, 9.17) is 9.47 Å². The Hall–Kier alpha value is -0.290. The van der Waals surface area contributed by atoms with Gasteiger partial charge in [-0.15, -0.1) is 0 Å². The van der Waals surface area contributed by atoms with Gasteiger partial charge in [-0.3, -0.25) is 0 Å². The number of rotatable bonds is 1. The molecule has 1 amide bonds. The highest BCUT2D eigenvalue weighted by Crippen LogP contribution is 2.16. The molecule has 2 unspecified atom stereocenters. The lowest BCUT2D eigenvalue weighted by Gasteiger charge is -2.36. The highest BCUT2D eigenvalue weighted by molar-refractivity contribution is 9.09. The van der Waals surface area contributed by atoms with E-state index in [0.717, 1.165) is 5.33 Å². The molecule has 0 aromatic carbocycles. The molecule has 0 bridgehead atoms. The Balaban J connectivity index is 2.55. The molecule has 1 heterocycles. The van der Waals surface area contributed by atoms with Gasteiger partial charge in [0.1, 0.15) is 5.60 Å². The largest absolute Gasteiger partial charge is 0.444 e. The summed E-state index contributed by atoms with van der Waals surface area (Å²) in [6.07, 6.45) is -0.145. The van der Waals surface area contributed by atoms with Crippen LogP contribution in [0.15, 0.2) is 0 Å². The summed E-state index contributed by atoms with van der Waals surface area (Å²) < 4.78 is 11.0. The molecular formula is C11H20BrNO3. The van der Waals surface area contributed by atoms with E-state index < -0.39 is 5.60 Å². The van der Waals surface area contributed by atoms with Crippen molar-refractivity contribution in [2.24, 2.45) is 0 Å². The van der Waals surface area contributed by atoms with E-state index in [1.807, 2.05) is 27.7 Å². The van der Waals surface area contributed by atoms with Crippen LogP contribution in [0.3, 0.4) is 0 Å². The van der Waals surface area contributed by atoms with E-state index in [-0.39, 0.29) is 18.3 Å². The third-order valence-corrected chi connectivity index (χ3v) is 2.87. The Bertz CT molecular complexity index is 252. The molecule has 4 nitrogen and oxygen atoms in total. The number of nitrogens with zero attached hydrogens (tertiary/aromatic N) is 1. The van der Waals surface area contributed by atoms with Gasteiger partial charge in [0, 0.05) is 5.33 Å². The van der Waals surface area contributed by atoms with Crippen molar-refractivity contribution in [3.8, 4) is 0 Å². The minimum absolute atomic E-state index is 0.0521. The zero-order valence-electron chi connectivity index (χ0n) is 10.3. The van der Waals surface area contributed by atoms with Crippen molar-refractivity contribution in [3.63, 3.8) is 0 Å². The van der Waals surface area contributed by atoms with Crippen LogP contribution in [0.4, 0.5) is 4.79 Å². The molecule has 1 rings (SSSR count). The number of hydrogen-bond acceptors (Lipinski definition) is 3. The molecule has 0 spiro atoms. The normalized spacial score (nSPS) is 26.7. The smallest absolute Gasteiger partial charge is 0.410 e. The summed E-state index contributed by atoms with van der Waals surface area (Å²) in [6.45, 7) is 8.76. The number of hydrogen-bond donors (Lipinski definition) is 0. The zero-order valence-corrected chi connectivity index (χ0v) is 11.9. The van der Waals surface area contributed by atoms with E-state index in [1.54, 1.807) is 4.90 Å². The fourth-order valence-electron chi connectivity index (χ4n) is 1.61. The van der Waals surface area contributed by atoms with Crippen LogP contribution in [0, 0.1) is 0 Å². The van der Waals surface area contributed by atoms with Crippen molar-refractivity contribution in [1.82, 2.24) is 4.90 Å². The number of amides is 1. The van der Waals surface area contributed by atoms with E-state index in [9.17, 15) is 4.79 Å². The van der Waals surface area contributed by atoms with Gasteiger partial charge in [0.2, 0.25) is 0 Å². The molecule has 2 atom stereocenters. The lowest BCUT2D eigenvalue weighted by Crippen LogP contribution is -2.51. The lowest BCUT2D eigenvalue weighted by atomic mass is 10.2. The average molecular weight is 294 g/mol. The SMILES string of the molecule is CC1CN(C(=O)OC(C)(C)C)CC(CBr)O1. The van der Waals surface area contributed by atoms with E-state index in [2.05, 4.69) is 15.9 Å².